The average molecular weight is 396 g/mol. The Morgan fingerprint density at radius 1 is 1.00 bits per heavy atom. The van der Waals surface area contributed by atoms with Gasteiger partial charge < -0.3 is 18.3 Å². The van der Waals surface area contributed by atoms with Crippen molar-refractivity contribution in [1.29, 1.82) is 0 Å². The monoisotopic (exact) mass is 396 g/mol. The molecule has 5 heteroatoms. The Kier molecular flexibility index (Phi) is 5.04. The Labute approximate surface area is 178 Å². The van der Waals surface area contributed by atoms with Gasteiger partial charge in [0.1, 0.15) is 5.71 Å². The normalized spacial score (nSPS) is 16.7. The number of benzene rings is 1. The first-order chi connectivity index (χ1) is 14.5. The van der Waals surface area contributed by atoms with E-state index in [1.54, 1.807) is 0 Å². The lowest BCUT2D eigenvalue weighted by molar-refractivity contribution is -0.384. The largest absolute Gasteiger partial charge is 0.667 e. The van der Waals surface area contributed by atoms with Crippen LogP contribution in [-0.2, 0) is 9.31 Å². The summed E-state index contributed by atoms with van der Waals surface area (Å²) in [5.41, 5.74) is 8.79. The van der Waals surface area contributed by atoms with Crippen LogP contribution in [-0.4, -0.2) is 34.7 Å². The number of fused-ring (bicyclic) bond motifs is 2. The van der Waals surface area contributed by atoms with E-state index in [1.165, 1.54) is 0 Å². The Hall–Kier alpha value is -3.25. The molecule has 0 fully saturated rings. The first-order valence-corrected chi connectivity index (χ1v) is 10.1. The summed E-state index contributed by atoms with van der Waals surface area (Å²) in [6.45, 7) is 6.39. The third kappa shape index (κ3) is 2.79. The van der Waals surface area contributed by atoms with E-state index in [-0.39, 0.29) is 13.2 Å². The number of aryl methyl sites for hydroxylation is 2. The standard InChI is InChI=1S/C25H25BN2O2/c1-7-14-29-26(30-15-8-2)27-20(5)16-18(3)24(27)23(22-12-10-9-11-13-22)25-19(4)17-21(6)28(25)26/h1-2,9-13,16-17H,14-15H2,3-6H3. The molecule has 4 rings (SSSR count). The van der Waals surface area contributed by atoms with Crippen molar-refractivity contribution in [1.82, 2.24) is 4.48 Å². The number of rotatable bonds is 5. The highest BCUT2D eigenvalue weighted by atomic mass is 16.6. The molecule has 0 atom stereocenters. The van der Waals surface area contributed by atoms with Gasteiger partial charge in [-0.2, -0.15) is 0 Å². The molecule has 0 bridgehead atoms. The Balaban J connectivity index is 2.14. The molecule has 150 valence electrons. The van der Waals surface area contributed by atoms with Gasteiger partial charge in [-0.25, -0.2) is 0 Å². The van der Waals surface area contributed by atoms with Crippen molar-refractivity contribution in [3.63, 3.8) is 0 Å². The zero-order chi connectivity index (χ0) is 21.5. The van der Waals surface area contributed by atoms with Gasteiger partial charge >= 0.3 is 6.82 Å². The molecule has 1 aromatic heterocycles. The number of nitrogens with zero attached hydrogens (tertiary/aromatic N) is 2. The molecule has 4 nitrogen and oxygen atoms in total. The van der Waals surface area contributed by atoms with E-state index in [0.29, 0.717) is 0 Å². The molecule has 0 spiro atoms. The molecular formula is C25H25BN2O2. The summed E-state index contributed by atoms with van der Waals surface area (Å²) in [4.78, 5) is 0. The van der Waals surface area contributed by atoms with Crippen molar-refractivity contribution < 1.29 is 13.8 Å². The minimum Gasteiger partial charge on any atom is -0.474 e. The zero-order valence-electron chi connectivity index (χ0n) is 17.9. The zero-order valence-corrected chi connectivity index (χ0v) is 17.9. The number of terminal acetylenes is 2. The number of aromatic nitrogens is 1. The lowest BCUT2D eigenvalue weighted by Crippen LogP contribution is -2.63. The van der Waals surface area contributed by atoms with Gasteiger partial charge in [-0.3, -0.25) is 0 Å². The van der Waals surface area contributed by atoms with E-state index >= 15 is 0 Å². The molecule has 0 radical (unpaired) electrons. The van der Waals surface area contributed by atoms with E-state index in [9.17, 15) is 0 Å². The number of hydrogen-bond acceptors (Lipinski definition) is 2. The van der Waals surface area contributed by atoms with Gasteiger partial charge in [-0.1, -0.05) is 42.2 Å². The highest BCUT2D eigenvalue weighted by Gasteiger charge is 2.56. The molecule has 2 aromatic rings. The van der Waals surface area contributed by atoms with Crippen molar-refractivity contribution in [2.75, 3.05) is 13.2 Å². The fraction of sp³-hybridized carbons (Fsp3) is 0.240. The summed E-state index contributed by atoms with van der Waals surface area (Å²) in [5, 5.41) is 0. The summed E-state index contributed by atoms with van der Waals surface area (Å²) in [6, 6.07) is 12.6. The maximum absolute atomic E-state index is 6.37. The molecule has 2 aliphatic heterocycles. The van der Waals surface area contributed by atoms with Crippen LogP contribution in [0.3, 0.4) is 0 Å². The van der Waals surface area contributed by atoms with E-state index in [2.05, 4.69) is 84.9 Å². The van der Waals surface area contributed by atoms with Gasteiger partial charge in [0.25, 0.3) is 0 Å². The van der Waals surface area contributed by atoms with Crippen LogP contribution < -0.4 is 0 Å². The van der Waals surface area contributed by atoms with Gasteiger partial charge in [0.2, 0.25) is 0 Å². The molecule has 0 amide bonds. The van der Waals surface area contributed by atoms with Gasteiger partial charge in [0, 0.05) is 24.3 Å². The minimum absolute atomic E-state index is 0.109. The molecule has 2 aliphatic rings. The lowest BCUT2D eigenvalue weighted by Gasteiger charge is -2.43. The van der Waals surface area contributed by atoms with Gasteiger partial charge in [0.15, 0.2) is 5.70 Å². The highest BCUT2D eigenvalue weighted by molar-refractivity contribution is 6.60. The van der Waals surface area contributed by atoms with Crippen molar-refractivity contribution in [3.8, 4) is 24.7 Å². The van der Waals surface area contributed by atoms with Crippen LogP contribution in [0.5, 0.6) is 0 Å². The van der Waals surface area contributed by atoms with E-state index in [1.807, 2.05) is 6.07 Å². The van der Waals surface area contributed by atoms with Crippen LogP contribution >= 0.6 is 0 Å². The number of allylic oxidation sites excluding steroid dienone is 2. The van der Waals surface area contributed by atoms with Crippen LogP contribution in [0.15, 0.2) is 53.7 Å². The first-order valence-electron chi connectivity index (χ1n) is 10.1. The summed E-state index contributed by atoms with van der Waals surface area (Å²) < 4.78 is 17.0. The molecule has 0 saturated heterocycles. The maximum atomic E-state index is 6.37. The van der Waals surface area contributed by atoms with Crippen LogP contribution in [0.25, 0.3) is 5.57 Å². The predicted octanol–water partition coefficient (Wildman–Crippen LogP) is 3.89. The van der Waals surface area contributed by atoms with Crippen LogP contribution in [0.4, 0.5) is 0 Å². The summed E-state index contributed by atoms with van der Waals surface area (Å²) in [5.74, 6) is 5.20. The summed E-state index contributed by atoms with van der Waals surface area (Å²) >= 11 is 0. The summed E-state index contributed by atoms with van der Waals surface area (Å²) in [6.07, 6.45) is 13.3. The Morgan fingerprint density at radius 3 is 2.23 bits per heavy atom. The SMILES string of the molecule is C#CCO[B-]1(OCC#C)n2c(C)cc(C)c2C(c2ccccc2)=C2C(C)=CC(C)=[N+]21. The topological polar surface area (TPSA) is 26.4 Å². The molecule has 0 aliphatic carbocycles. The third-order valence-electron chi connectivity index (χ3n) is 5.80. The number of hydrogen-bond donors (Lipinski definition) is 0. The van der Waals surface area contributed by atoms with Crippen LogP contribution in [0.2, 0.25) is 0 Å². The third-order valence-corrected chi connectivity index (χ3v) is 5.80. The average Bonchev–Trinajstić information content (AvgIpc) is 3.21. The van der Waals surface area contributed by atoms with Crippen molar-refractivity contribution in [2.45, 2.75) is 27.7 Å². The lowest BCUT2D eigenvalue weighted by atomic mass is 9.78. The van der Waals surface area contributed by atoms with Crippen molar-refractivity contribution in [2.24, 2.45) is 0 Å². The Morgan fingerprint density at radius 2 is 1.63 bits per heavy atom. The molecular weight excluding hydrogens is 371 g/mol. The predicted molar refractivity (Wildman–Crippen MR) is 122 cm³/mol. The molecule has 0 N–H and O–H groups in total. The second kappa shape index (κ2) is 7.54. The second-order valence-electron chi connectivity index (χ2n) is 7.78. The fourth-order valence-corrected chi connectivity index (χ4v) is 4.88. The smallest absolute Gasteiger partial charge is 0.474 e. The molecule has 0 unspecified atom stereocenters. The van der Waals surface area contributed by atoms with Gasteiger partial charge in [-0.05, 0) is 43.7 Å². The van der Waals surface area contributed by atoms with Crippen molar-refractivity contribution >= 4 is 18.1 Å². The van der Waals surface area contributed by atoms with Crippen LogP contribution in [0, 0.1) is 38.5 Å². The quantitative estimate of drug-likeness (QED) is 0.566. The first kappa shape index (κ1) is 20.0. The molecule has 30 heavy (non-hydrogen) atoms. The molecule has 1 aromatic carbocycles. The maximum Gasteiger partial charge on any atom is 0.667 e. The van der Waals surface area contributed by atoms with Gasteiger partial charge in [0.05, 0.1) is 18.8 Å². The Bertz CT molecular complexity index is 1180. The van der Waals surface area contributed by atoms with E-state index < -0.39 is 6.82 Å². The fourth-order valence-electron chi connectivity index (χ4n) is 4.88. The van der Waals surface area contributed by atoms with Crippen molar-refractivity contribution in [3.05, 3.63) is 76.3 Å². The van der Waals surface area contributed by atoms with Gasteiger partial charge in [-0.15, -0.1) is 12.8 Å². The van der Waals surface area contributed by atoms with E-state index in [0.717, 1.165) is 45.1 Å². The minimum atomic E-state index is -2.18. The van der Waals surface area contributed by atoms with Crippen LogP contribution in [0.1, 0.15) is 36.4 Å². The molecule has 0 saturated carbocycles. The summed E-state index contributed by atoms with van der Waals surface area (Å²) in [7, 11) is 0. The highest BCUT2D eigenvalue weighted by Crippen LogP contribution is 2.43. The second-order valence-corrected chi connectivity index (χ2v) is 7.78. The molecule has 3 heterocycles. The van der Waals surface area contributed by atoms with E-state index in [4.69, 9.17) is 22.2 Å².